The molecule has 38 valence electrons. The summed E-state index contributed by atoms with van der Waals surface area (Å²) in [7, 11) is 0. The Morgan fingerprint density at radius 1 is 1.86 bits per heavy atom. The molecule has 0 atom stereocenters. The van der Waals surface area contributed by atoms with Crippen LogP contribution in [0.15, 0.2) is 4.99 Å². The largest absolute Gasteiger partial charge is 0.384 e. The average Bonchev–Trinajstić information content (AvgIpc) is 2.14. The quantitative estimate of drug-likeness (QED) is 0.490. The molecule has 0 aromatic carbocycles. The summed E-state index contributed by atoms with van der Waals surface area (Å²) in [5.41, 5.74) is 0. The van der Waals surface area contributed by atoms with Gasteiger partial charge in [-0.25, -0.2) is 4.99 Å². The lowest BCUT2D eigenvalue weighted by Crippen LogP contribution is -1.77. The van der Waals surface area contributed by atoms with Crippen molar-refractivity contribution in [3.63, 3.8) is 0 Å². The van der Waals surface area contributed by atoms with Gasteiger partial charge in [0.05, 0.1) is 6.54 Å². The van der Waals surface area contributed by atoms with Crippen molar-refractivity contribution >= 4 is 27.7 Å². The van der Waals surface area contributed by atoms with Crippen LogP contribution in [0.1, 0.15) is 0 Å². The Hall–Kier alpha value is 0.0400. The molecular weight excluding hydrogens is 128 g/mol. The standard InChI is InChI=1S/C3H5N2S2/c4-7-3-5-1-2-6-3/h4H,1-2H2/q+1. The maximum absolute atomic E-state index is 6.76. The van der Waals surface area contributed by atoms with E-state index in [0.29, 0.717) is 0 Å². The third-order valence-electron chi connectivity index (χ3n) is 0.645. The van der Waals surface area contributed by atoms with Crippen molar-refractivity contribution in [1.82, 2.24) is 0 Å². The summed E-state index contributed by atoms with van der Waals surface area (Å²) >= 11 is 2.66. The molecule has 0 unspecified atom stereocenters. The van der Waals surface area contributed by atoms with E-state index in [-0.39, 0.29) is 0 Å². The molecule has 0 aromatic heterocycles. The highest BCUT2D eigenvalue weighted by Crippen LogP contribution is 2.09. The van der Waals surface area contributed by atoms with Crippen LogP contribution in [0.5, 0.6) is 0 Å². The lowest BCUT2D eigenvalue weighted by Gasteiger charge is -1.65. The molecule has 1 aliphatic heterocycles. The van der Waals surface area contributed by atoms with E-state index in [9.17, 15) is 0 Å². The Kier molecular flexibility index (Phi) is 1.76. The van der Waals surface area contributed by atoms with Gasteiger partial charge in [0, 0.05) is 5.75 Å². The summed E-state index contributed by atoms with van der Waals surface area (Å²) in [6.07, 6.45) is 0. The summed E-state index contributed by atoms with van der Waals surface area (Å²) in [5.74, 6) is 1.07. The highest BCUT2D eigenvalue weighted by atomic mass is 32.2. The zero-order chi connectivity index (χ0) is 5.11. The van der Waals surface area contributed by atoms with Crippen molar-refractivity contribution in [3.05, 3.63) is 0 Å². The molecule has 1 heterocycles. The molecule has 0 aromatic rings. The van der Waals surface area contributed by atoms with Crippen molar-refractivity contribution in [2.75, 3.05) is 12.3 Å². The summed E-state index contributed by atoms with van der Waals surface area (Å²) in [6, 6.07) is 0. The zero-order valence-electron chi connectivity index (χ0n) is 3.68. The van der Waals surface area contributed by atoms with Gasteiger partial charge < -0.3 is 0 Å². The van der Waals surface area contributed by atoms with Crippen LogP contribution in [0.25, 0.3) is 0 Å². The first-order valence-electron chi connectivity index (χ1n) is 1.94. The Bertz CT molecular complexity index is 110. The van der Waals surface area contributed by atoms with Crippen LogP contribution in [0, 0.1) is 4.78 Å². The number of nitrogens with zero attached hydrogens (tertiary/aromatic N) is 1. The van der Waals surface area contributed by atoms with E-state index in [1.165, 1.54) is 0 Å². The molecule has 0 radical (unpaired) electrons. The smallest absolute Gasteiger partial charge is 0.222 e. The first-order valence-corrected chi connectivity index (χ1v) is 3.74. The number of thioether (sulfide) groups is 1. The van der Waals surface area contributed by atoms with Gasteiger partial charge in [-0.1, -0.05) is 0 Å². The molecule has 0 amide bonds. The van der Waals surface area contributed by atoms with Crippen LogP contribution in [0.4, 0.5) is 0 Å². The van der Waals surface area contributed by atoms with Gasteiger partial charge in [-0.2, -0.15) is 0 Å². The van der Waals surface area contributed by atoms with Crippen molar-refractivity contribution in [3.8, 4) is 0 Å². The van der Waals surface area contributed by atoms with Gasteiger partial charge in [0.1, 0.15) is 0 Å². The number of nitrogens with one attached hydrogen (secondary N) is 1. The second kappa shape index (κ2) is 2.37. The van der Waals surface area contributed by atoms with Crippen LogP contribution < -0.4 is 0 Å². The molecule has 4 heteroatoms. The SMILES string of the molecule is N=[S+]C1=NCCS1. The first-order chi connectivity index (χ1) is 3.43. The predicted molar refractivity (Wildman–Crippen MR) is 34.8 cm³/mol. The van der Waals surface area contributed by atoms with Gasteiger partial charge in [-0.05, 0) is 16.5 Å². The van der Waals surface area contributed by atoms with Crippen LogP contribution in [0.2, 0.25) is 0 Å². The Labute approximate surface area is 50.3 Å². The summed E-state index contributed by atoms with van der Waals surface area (Å²) in [6.45, 7) is 0.909. The van der Waals surface area contributed by atoms with Gasteiger partial charge in [0.15, 0.2) is 0 Å². The number of hydrogen-bond donors (Lipinski definition) is 1. The summed E-state index contributed by atoms with van der Waals surface area (Å²) in [5, 5.41) is 0. The lowest BCUT2D eigenvalue weighted by molar-refractivity contribution is 1.18. The normalized spacial score (nSPS) is 19.1. The lowest BCUT2D eigenvalue weighted by atomic mass is 10.8. The van der Waals surface area contributed by atoms with Gasteiger partial charge >= 0.3 is 15.9 Å². The summed E-state index contributed by atoms with van der Waals surface area (Å²) in [4.78, 5) is 4.01. The highest BCUT2D eigenvalue weighted by Gasteiger charge is 2.15. The molecule has 1 N–H and O–H groups in total. The molecule has 7 heavy (non-hydrogen) atoms. The van der Waals surface area contributed by atoms with Gasteiger partial charge in [-0.3, -0.25) is 0 Å². The molecular formula is C3H5N2S2+. The third kappa shape index (κ3) is 1.21. The minimum Gasteiger partial charge on any atom is -0.222 e. The fraction of sp³-hybridized carbons (Fsp3) is 0.667. The fourth-order valence-electron chi connectivity index (χ4n) is 0.377. The van der Waals surface area contributed by atoms with Crippen LogP contribution in [0.3, 0.4) is 0 Å². The van der Waals surface area contributed by atoms with Gasteiger partial charge in [0.25, 0.3) is 0 Å². The number of aliphatic imine (C=N–C) groups is 1. The van der Waals surface area contributed by atoms with Crippen molar-refractivity contribution in [1.29, 1.82) is 4.78 Å². The predicted octanol–water partition coefficient (Wildman–Crippen LogP) is 0.934. The van der Waals surface area contributed by atoms with Crippen LogP contribution in [-0.4, -0.2) is 16.7 Å². The Morgan fingerprint density at radius 3 is 3.00 bits per heavy atom. The maximum Gasteiger partial charge on any atom is 0.384 e. The minimum absolute atomic E-state index is 0.909. The van der Waals surface area contributed by atoms with E-state index >= 15 is 0 Å². The highest BCUT2D eigenvalue weighted by molar-refractivity contribution is 8.28. The second-order valence-corrected chi connectivity index (χ2v) is 3.03. The van der Waals surface area contributed by atoms with Crippen molar-refractivity contribution in [2.45, 2.75) is 0 Å². The Morgan fingerprint density at radius 2 is 2.71 bits per heavy atom. The zero-order valence-corrected chi connectivity index (χ0v) is 5.31. The van der Waals surface area contributed by atoms with Crippen molar-refractivity contribution in [2.24, 2.45) is 4.99 Å². The number of rotatable bonds is 0. The number of hydrogen-bond acceptors (Lipinski definition) is 3. The van der Waals surface area contributed by atoms with Crippen LogP contribution >= 0.6 is 11.8 Å². The molecule has 0 fully saturated rings. The first kappa shape index (κ1) is 5.18. The molecule has 1 aliphatic rings. The monoisotopic (exact) mass is 133 g/mol. The van der Waals surface area contributed by atoms with E-state index in [1.54, 1.807) is 11.8 Å². The minimum atomic E-state index is 0.909. The second-order valence-electron chi connectivity index (χ2n) is 1.10. The van der Waals surface area contributed by atoms with Crippen LogP contribution in [-0.2, 0) is 11.6 Å². The fourth-order valence-corrected chi connectivity index (χ4v) is 1.56. The van der Waals surface area contributed by atoms with E-state index in [2.05, 4.69) is 4.99 Å². The topological polar surface area (TPSA) is 36.2 Å². The molecule has 1 rings (SSSR count). The molecule has 0 aliphatic carbocycles. The van der Waals surface area contributed by atoms with Gasteiger partial charge in [0.2, 0.25) is 0 Å². The van der Waals surface area contributed by atoms with Crippen molar-refractivity contribution < 1.29 is 0 Å². The molecule has 0 bridgehead atoms. The average molecular weight is 133 g/mol. The molecule has 0 spiro atoms. The van der Waals surface area contributed by atoms with E-state index < -0.39 is 0 Å². The maximum atomic E-state index is 6.76. The molecule has 0 saturated carbocycles. The molecule has 0 saturated heterocycles. The van der Waals surface area contributed by atoms with E-state index in [0.717, 1.165) is 28.2 Å². The molecule has 2 nitrogen and oxygen atoms in total. The Balaban J connectivity index is 2.51. The third-order valence-corrected chi connectivity index (χ3v) is 2.32. The van der Waals surface area contributed by atoms with E-state index in [1.807, 2.05) is 0 Å². The summed E-state index contributed by atoms with van der Waals surface area (Å²) < 4.78 is 7.68. The van der Waals surface area contributed by atoms with Gasteiger partial charge in [-0.15, -0.1) is 0 Å². The van der Waals surface area contributed by atoms with E-state index in [4.69, 9.17) is 4.78 Å².